The minimum atomic E-state index is -5.07. The Labute approximate surface area is 204 Å². The molecule has 0 fully saturated rings. The van der Waals surface area contributed by atoms with E-state index in [1.54, 1.807) is 0 Å². The maximum atomic E-state index is 11.3. The largest absolute Gasteiger partial charge is 1.00 e. The molecule has 11 nitrogen and oxygen atoms in total. The zero-order valence-corrected chi connectivity index (χ0v) is 20.2. The van der Waals surface area contributed by atoms with Gasteiger partial charge in [-0.15, -0.1) is 0 Å². The van der Waals surface area contributed by atoms with Crippen molar-refractivity contribution in [3.8, 4) is 0 Å². The van der Waals surface area contributed by atoms with Crippen LogP contribution in [0.3, 0.4) is 0 Å². The summed E-state index contributed by atoms with van der Waals surface area (Å²) < 4.78 is 66.7. The van der Waals surface area contributed by atoms with Gasteiger partial charge in [0.15, 0.2) is 0 Å². The first-order valence-corrected chi connectivity index (χ1v) is 9.39. The second-order valence-electron chi connectivity index (χ2n) is 4.78. The Balaban J connectivity index is 0.00000364. The van der Waals surface area contributed by atoms with Crippen LogP contribution in [0.4, 0.5) is 11.4 Å². The number of hydrogen-bond acceptors (Lipinski definition) is 10. The van der Waals surface area contributed by atoms with Gasteiger partial charge in [-0.25, -0.2) is 16.8 Å². The first-order valence-electron chi connectivity index (χ1n) is 6.58. The fourth-order valence-corrected chi connectivity index (χ4v) is 3.08. The number of non-ortho nitro benzene ring substituents is 1. The fourth-order valence-electron chi connectivity index (χ4n) is 1.83. The first kappa shape index (κ1) is 27.1. The quantitative estimate of drug-likeness (QED) is 0.149. The van der Waals surface area contributed by atoms with E-state index in [1.807, 2.05) is 0 Å². The average Bonchev–Trinajstić information content (AvgIpc) is 2.53. The molecule has 2 rings (SSSR count). The van der Waals surface area contributed by atoms with Gasteiger partial charge in [0.25, 0.3) is 5.69 Å². The van der Waals surface area contributed by atoms with E-state index in [-0.39, 0.29) is 70.4 Å². The summed E-state index contributed by atoms with van der Waals surface area (Å²) in [6.07, 6.45) is 0.924. The van der Waals surface area contributed by atoms with E-state index in [4.69, 9.17) is 0 Å². The molecule has 0 heterocycles. The standard InChI is InChI=1S/C13H11N3O8S2.2Na/c17-16(18)11-4-2-10(3-5-11)15-14-8-9-1-6-12(25(19,20)21)7-13(9)26(22,23)24;;/h1-8,15H,(H,19,20,21)(H,22,23,24);;/q;2*+1/p-2/b14-8+;;. The third kappa shape index (κ3) is 7.51. The van der Waals surface area contributed by atoms with Crippen LogP contribution < -0.4 is 64.5 Å². The van der Waals surface area contributed by atoms with Crippen LogP contribution in [0.15, 0.2) is 57.4 Å². The molecule has 2 aromatic carbocycles. The third-order valence-electron chi connectivity index (χ3n) is 3.02. The predicted octanol–water partition coefficient (Wildman–Crippen LogP) is -5.14. The van der Waals surface area contributed by atoms with E-state index >= 15 is 0 Å². The zero-order valence-electron chi connectivity index (χ0n) is 14.6. The van der Waals surface area contributed by atoms with Crippen molar-refractivity contribution < 1.29 is 90.0 Å². The topological polar surface area (TPSA) is 182 Å². The molecule has 0 aliphatic rings. The molecule has 0 saturated heterocycles. The first-order chi connectivity index (χ1) is 12.0. The molecule has 0 aliphatic carbocycles. The van der Waals surface area contributed by atoms with E-state index in [9.17, 15) is 36.1 Å². The van der Waals surface area contributed by atoms with Gasteiger partial charge in [-0.2, -0.15) is 5.10 Å². The molecule has 2 aromatic rings. The van der Waals surface area contributed by atoms with Crippen molar-refractivity contribution in [2.45, 2.75) is 9.79 Å². The van der Waals surface area contributed by atoms with Crippen LogP contribution in [-0.4, -0.2) is 37.1 Å². The number of hydrazone groups is 1. The maximum absolute atomic E-state index is 11.3. The number of benzene rings is 2. The summed E-state index contributed by atoms with van der Waals surface area (Å²) in [6, 6.07) is 7.33. The summed E-state index contributed by atoms with van der Waals surface area (Å²) in [7, 11) is -10.0. The van der Waals surface area contributed by atoms with Gasteiger partial charge < -0.3 is 9.11 Å². The number of nitro benzene ring substituents is 1. The molecule has 0 radical (unpaired) electrons. The van der Waals surface area contributed by atoms with Gasteiger partial charge >= 0.3 is 59.1 Å². The van der Waals surface area contributed by atoms with Gasteiger partial charge in [-0.3, -0.25) is 15.5 Å². The molecule has 0 spiro atoms. The molecule has 0 aromatic heterocycles. The molecule has 28 heavy (non-hydrogen) atoms. The Bertz CT molecular complexity index is 1090. The monoisotopic (exact) mass is 445 g/mol. The van der Waals surface area contributed by atoms with Crippen LogP contribution in [0, 0.1) is 10.1 Å². The molecule has 0 saturated carbocycles. The molecule has 0 atom stereocenters. The molecule has 138 valence electrons. The summed E-state index contributed by atoms with van der Waals surface area (Å²) in [4.78, 5) is 8.16. The van der Waals surface area contributed by atoms with Crippen molar-refractivity contribution in [3.63, 3.8) is 0 Å². The van der Waals surface area contributed by atoms with Gasteiger partial charge in [0.2, 0.25) is 0 Å². The van der Waals surface area contributed by atoms with Crippen molar-refractivity contribution >= 4 is 37.8 Å². The molecular weight excluding hydrogens is 436 g/mol. The van der Waals surface area contributed by atoms with E-state index in [0.717, 1.165) is 18.3 Å². The number of nitrogens with zero attached hydrogens (tertiary/aromatic N) is 2. The molecule has 0 aliphatic heterocycles. The van der Waals surface area contributed by atoms with Crippen molar-refractivity contribution in [1.29, 1.82) is 0 Å². The number of anilines is 1. The number of nitro groups is 1. The van der Waals surface area contributed by atoms with Crippen LogP contribution in [-0.2, 0) is 20.2 Å². The summed E-state index contributed by atoms with van der Waals surface area (Å²) in [5, 5.41) is 14.2. The summed E-state index contributed by atoms with van der Waals surface area (Å²) >= 11 is 0. The number of hydrogen-bond donors (Lipinski definition) is 1. The Morgan fingerprint density at radius 3 is 1.96 bits per heavy atom. The molecule has 0 bridgehead atoms. The predicted molar refractivity (Wildman–Crippen MR) is 86.7 cm³/mol. The number of nitrogens with one attached hydrogen (secondary N) is 1. The van der Waals surface area contributed by atoms with E-state index in [2.05, 4.69) is 10.5 Å². The maximum Gasteiger partial charge on any atom is 1.00 e. The fraction of sp³-hybridized carbons (Fsp3) is 0. The Kier molecular flexibility index (Phi) is 10.4. The minimum Gasteiger partial charge on any atom is -0.744 e. The summed E-state index contributed by atoms with van der Waals surface area (Å²) in [6.45, 7) is 0. The van der Waals surface area contributed by atoms with Crippen LogP contribution in [0.1, 0.15) is 5.56 Å². The summed E-state index contributed by atoms with van der Waals surface area (Å²) in [5.74, 6) is 0. The Hall–Kier alpha value is -0.870. The minimum absolute atomic E-state index is 0. The smallest absolute Gasteiger partial charge is 0.744 e. The van der Waals surface area contributed by atoms with Gasteiger partial charge in [0.1, 0.15) is 20.2 Å². The Morgan fingerprint density at radius 1 is 0.929 bits per heavy atom. The van der Waals surface area contributed by atoms with Crippen LogP contribution in [0.25, 0.3) is 0 Å². The van der Waals surface area contributed by atoms with Gasteiger partial charge in [-0.1, -0.05) is 6.07 Å². The van der Waals surface area contributed by atoms with E-state index < -0.39 is 35.0 Å². The van der Waals surface area contributed by atoms with Gasteiger partial charge in [0.05, 0.1) is 26.6 Å². The van der Waals surface area contributed by atoms with Crippen LogP contribution in [0.5, 0.6) is 0 Å². The van der Waals surface area contributed by atoms with Gasteiger partial charge in [-0.05, 0) is 24.3 Å². The Morgan fingerprint density at radius 2 is 1.50 bits per heavy atom. The van der Waals surface area contributed by atoms with Crippen molar-refractivity contribution in [3.05, 3.63) is 58.1 Å². The third-order valence-corrected chi connectivity index (χ3v) is 4.74. The van der Waals surface area contributed by atoms with Crippen LogP contribution in [0.2, 0.25) is 0 Å². The van der Waals surface area contributed by atoms with Crippen molar-refractivity contribution in [1.82, 2.24) is 0 Å². The second-order valence-corrected chi connectivity index (χ2v) is 7.51. The second kappa shape index (κ2) is 10.8. The van der Waals surface area contributed by atoms with Crippen molar-refractivity contribution in [2.24, 2.45) is 5.10 Å². The average molecular weight is 445 g/mol. The van der Waals surface area contributed by atoms with E-state index in [1.165, 1.54) is 24.3 Å². The van der Waals surface area contributed by atoms with E-state index in [0.29, 0.717) is 11.8 Å². The molecule has 1 N–H and O–H groups in total. The van der Waals surface area contributed by atoms with Crippen LogP contribution >= 0.6 is 0 Å². The SMILES string of the molecule is O=[N+]([O-])c1ccc(N/N=C/c2ccc(S(=O)(=O)[O-])cc2S(=O)(=O)[O-])cc1.[Na+].[Na+]. The zero-order chi connectivity index (χ0) is 19.5. The molecule has 15 heteroatoms. The molecular formula is C13H9N3Na2O8S2. The molecule has 0 amide bonds. The van der Waals surface area contributed by atoms with Crippen molar-refractivity contribution in [2.75, 3.05) is 5.43 Å². The normalized spacial score (nSPS) is 11.4. The molecule has 0 unspecified atom stereocenters. The number of rotatable bonds is 6. The van der Waals surface area contributed by atoms with Gasteiger partial charge in [0, 0.05) is 17.7 Å². The summed E-state index contributed by atoms with van der Waals surface area (Å²) in [5.41, 5.74) is 2.39.